The van der Waals surface area contributed by atoms with E-state index in [2.05, 4.69) is 11.9 Å². The van der Waals surface area contributed by atoms with Gasteiger partial charge in [0.15, 0.2) is 0 Å². The molecule has 3 aromatic rings. The molecule has 162 valence electrons. The van der Waals surface area contributed by atoms with Crippen LogP contribution in [0.4, 0.5) is 5.82 Å². The monoisotopic (exact) mass is 438 g/mol. The highest BCUT2D eigenvalue weighted by molar-refractivity contribution is 7.91. The third-order valence-electron chi connectivity index (χ3n) is 5.34. The minimum absolute atomic E-state index is 0.0824. The lowest BCUT2D eigenvalue weighted by Crippen LogP contribution is -2.18. The van der Waals surface area contributed by atoms with Crippen molar-refractivity contribution >= 4 is 21.6 Å². The van der Waals surface area contributed by atoms with E-state index in [1.54, 1.807) is 41.8 Å². The lowest BCUT2D eigenvalue weighted by atomic mass is 10.1. The molecular weight excluding hydrogens is 412 g/mol. The molecule has 0 aliphatic carbocycles. The van der Waals surface area contributed by atoms with E-state index in [4.69, 9.17) is 4.74 Å². The number of nitrogens with zero attached hydrogens (tertiary/aromatic N) is 1. The Morgan fingerprint density at radius 3 is 2.32 bits per heavy atom. The number of nitrogens with one attached hydrogen (secondary N) is 1. The summed E-state index contributed by atoms with van der Waals surface area (Å²) in [5.74, 6) is 0.426. The first-order valence-electron chi connectivity index (χ1n) is 9.79. The van der Waals surface area contributed by atoms with E-state index < -0.39 is 9.84 Å². The summed E-state index contributed by atoms with van der Waals surface area (Å²) in [7, 11) is -2.39. The predicted octanol–water partition coefficient (Wildman–Crippen LogP) is 4.69. The molecular formula is C24H26N2O4S. The first-order valence-corrected chi connectivity index (χ1v) is 11.3. The van der Waals surface area contributed by atoms with Crippen molar-refractivity contribution in [2.45, 2.75) is 37.1 Å². The van der Waals surface area contributed by atoms with E-state index >= 15 is 0 Å². The molecule has 0 bridgehead atoms. The predicted molar refractivity (Wildman–Crippen MR) is 122 cm³/mol. The van der Waals surface area contributed by atoms with Crippen LogP contribution in [-0.4, -0.2) is 26.0 Å². The summed E-state index contributed by atoms with van der Waals surface area (Å²) < 4.78 is 34.1. The maximum absolute atomic E-state index is 13.6. The molecule has 6 nitrogen and oxygen atoms in total. The van der Waals surface area contributed by atoms with Crippen molar-refractivity contribution < 1.29 is 17.9 Å². The Balaban J connectivity index is 2.18. The van der Waals surface area contributed by atoms with E-state index in [-0.39, 0.29) is 21.5 Å². The Bertz CT molecular complexity index is 1240. The Labute approximate surface area is 183 Å². The third-order valence-corrected chi connectivity index (χ3v) is 7.27. The van der Waals surface area contributed by atoms with Crippen LogP contribution in [0.5, 0.6) is 5.75 Å². The van der Waals surface area contributed by atoms with E-state index in [0.717, 1.165) is 11.3 Å². The van der Waals surface area contributed by atoms with Crippen LogP contribution < -0.4 is 10.1 Å². The maximum atomic E-state index is 13.6. The number of aryl methyl sites for hydroxylation is 1. The fourth-order valence-corrected chi connectivity index (χ4v) is 5.22. The number of methoxy groups -OCH3 is 1. The number of allylic oxidation sites excluding steroid dienone is 1. The van der Waals surface area contributed by atoms with Gasteiger partial charge >= 0.3 is 0 Å². The summed E-state index contributed by atoms with van der Waals surface area (Å²) in [6, 6.07) is 13.4. The van der Waals surface area contributed by atoms with Gasteiger partial charge in [0.1, 0.15) is 16.5 Å². The van der Waals surface area contributed by atoms with Gasteiger partial charge in [-0.1, -0.05) is 24.3 Å². The van der Waals surface area contributed by atoms with Crippen LogP contribution in [0, 0.1) is 20.8 Å². The SMILES string of the molecule is C=CCn1c(C)c(C)c(S(=O)(=O)c2ccc(OC)cc2)c1NC(=O)c1ccccc1C. The maximum Gasteiger partial charge on any atom is 0.257 e. The van der Waals surface area contributed by atoms with Crippen LogP contribution in [0.2, 0.25) is 0 Å². The fourth-order valence-electron chi connectivity index (χ4n) is 3.52. The van der Waals surface area contributed by atoms with Gasteiger partial charge in [0.2, 0.25) is 9.84 Å². The van der Waals surface area contributed by atoms with Gasteiger partial charge < -0.3 is 14.6 Å². The van der Waals surface area contributed by atoms with E-state index in [0.29, 0.717) is 23.4 Å². The van der Waals surface area contributed by atoms with Crippen molar-refractivity contribution in [1.82, 2.24) is 4.57 Å². The van der Waals surface area contributed by atoms with Gasteiger partial charge in [0.25, 0.3) is 5.91 Å². The summed E-state index contributed by atoms with van der Waals surface area (Å²) in [6.45, 7) is 9.54. The molecule has 0 saturated heterocycles. The summed E-state index contributed by atoms with van der Waals surface area (Å²) in [4.78, 5) is 13.3. The van der Waals surface area contributed by atoms with E-state index in [1.165, 1.54) is 19.2 Å². The molecule has 2 aromatic carbocycles. The number of rotatable bonds is 7. The van der Waals surface area contributed by atoms with Crippen molar-refractivity contribution in [2.24, 2.45) is 0 Å². The smallest absolute Gasteiger partial charge is 0.257 e. The molecule has 0 saturated carbocycles. The summed E-state index contributed by atoms with van der Waals surface area (Å²) in [6.07, 6.45) is 1.67. The fraction of sp³-hybridized carbons (Fsp3) is 0.208. The molecule has 1 heterocycles. The lowest BCUT2D eigenvalue weighted by Gasteiger charge is -2.14. The summed E-state index contributed by atoms with van der Waals surface area (Å²) >= 11 is 0. The van der Waals surface area contributed by atoms with Crippen LogP contribution in [0.3, 0.4) is 0 Å². The Hall–Kier alpha value is -3.32. The highest BCUT2D eigenvalue weighted by Crippen LogP contribution is 2.36. The summed E-state index contributed by atoms with van der Waals surface area (Å²) in [5.41, 5.74) is 2.61. The highest BCUT2D eigenvalue weighted by Gasteiger charge is 2.30. The zero-order valence-corrected chi connectivity index (χ0v) is 18.9. The molecule has 1 aromatic heterocycles. The number of anilines is 1. The van der Waals surface area contributed by atoms with Gasteiger partial charge in [-0.3, -0.25) is 4.79 Å². The number of carbonyl (C=O) groups is 1. The van der Waals surface area contributed by atoms with Crippen molar-refractivity contribution in [3.05, 3.63) is 83.6 Å². The molecule has 31 heavy (non-hydrogen) atoms. The third kappa shape index (κ3) is 4.14. The normalized spacial score (nSPS) is 11.2. The quantitative estimate of drug-likeness (QED) is 0.543. The molecule has 0 aliphatic heterocycles. The molecule has 0 unspecified atom stereocenters. The Morgan fingerprint density at radius 1 is 1.10 bits per heavy atom. The number of hydrogen-bond donors (Lipinski definition) is 1. The van der Waals surface area contributed by atoms with Crippen LogP contribution in [0.1, 0.15) is 27.2 Å². The number of benzene rings is 2. The van der Waals surface area contributed by atoms with E-state index in [9.17, 15) is 13.2 Å². The zero-order chi connectivity index (χ0) is 22.8. The van der Waals surface area contributed by atoms with Crippen LogP contribution in [-0.2, 0) is 16.4 Å². The van der Waals surface area contributed by atoms with Crippen LogP contribution >= 0.6 is 0 Å². The molecule has 0 aliphatic rings. The topological polar surface area (TPSA) is 77.4 Å². The largest absolute Gasteiger partial charge is 0.497 e. The van der Waals surface area contributed by atoms with Crippen LogP contribution in [0.25, 0.3) is 0 Å². The highest BCUT2D eigenvalue weighted by atomic mass is 32.2. The molecule has 3 rings (SSSR count). The number of sulfone groups is 1. The second-order valence-corrected chi connectivity index (χ2v) is 9.12. The number of hydrogen-bond acceptors (Lipinski definition) is 4. The molecule has 1 amide bonds. The Morgan fingerprint density at radius 2 is 1.74 bits per heavy atom. The number of carbonyl (C=O) groups excluding carboxylic acids is 1. The number of aromatic nitrogens is 1. The molecule has 0 fully saturated rings. The first-order chi connectivity index (χ1) is 14.7. The zero-order valence-electron chi connectivity index (χ0n) is 18.1. The summed E-state index contributed by atoms with van der Waals surface area (Å²) in [5, 5.41) is 2.85. The molecule has 1 N–H and O–H groups in total. The number of ether oxygens (including phenoxy) is 1. The first kappa shape index (κ1) is 22.4. The average molecular weight is 439 g/mol. The minimum Gasteiger partial charge on any atom is -0.497 e. The second-order valence-electron chi connectivity index (χ2n) is 7.24. The molecule has 0 atom stereocenters. The van der Waals surface area contributed by atoms with Gasteiger partial charge in [-0.2, -0.15) is 0 Å². The van der Waals surface area contributed by atoms with Gasteiger partial charge in [-0.05, 0) is 62.2 Å². The molecule has 0 radical (unpaired) electrons. The average Bonchev–Trinajstić information content (AvgIpc) is 2.99. The standard InChI is InChI=1S/C24H26N2O4S/c1-6-15-26-18(4)17(3)22(31(28,29)20-13-11-19(30-5)12-14-20)23(26)25-24(27)21-10-8-7-9-16(21)2/h6-14H,1,15H2,2-5H3,(H,25,27). The van der Waals surface area contributed by atoms with Crippen molar-refractivity contribution in [3.63, 3.8) is 0 Å². The Kier molecular flexibility index (Phi) is 6.36. The minimum atomic E-state index is -3.91. The van der Waals surface area contributed by atoms with Gasteiger partial charge in [0, 0.05) is 17.8 Å². The van der Waals surface area contributed by atoms with Crippen LogP contribution in [0.15, 0.2) is 71.0 Å². The molecule has 7 heteroatoms. The molecule has 0 spiro atoms. The van der Waals surface area contributed by atoms with Crippen molar-refractivity contribution in [3.8, 4) is 5.75 Å². The van der Waals surface area contributed by atoms with Crippen molar-refractivity contribution in [1.29, 1.82) is 0 Å². The number of amides is 1. The van der Waals surface area contributed by atoms with Crippen molar-refractivity contribution in [2.75, 3.05) is 12.4 Å². The van der Waals surface area contributed by atoms with E-state index in [1.807, 2.05) is 26.0 Å². The van der Waals surface area contributed by atoms with Gasteiger partial charge in [-0.25, -0.2) is 8.42 Å². The lowest BCUT2D eigenvalue weighted by molar-refractivity contribution is 0.102. The van der Waals surface area contributed by atoms with Gasteiger partial charge in [-0.15, -0.1) is 6.58 Å². The van der Waals surface area contributed by atoms with Gasteiger partial charge in [0.05, 0.1) is 12.0 Å². The second kappa shape index (κ2) is 8.81.